The van der Waals surface area contributed by atoms with E-state index in [1.165, 1.54) is 0 Å². The minimum absolute atomic E-state index is 0.428. The van der Waals surface area contributed by atoms with Crippen LogP contribution in [0.3, 0.4) is 0 Å². The molecule has 1 saturated carbocycles. The van der Waals surface area contributed by atoms with E-state index >= 15 is 0 Å². The molecule has 0 aromatic carbocycles. The minimum atomic E-state index is -0.428. The Labute approximate surface area is 79.3 Å². The van der Waals surface area contributed by atoms with Crippen molar-refractivity contribution in [1.82, 2.24) is 0 Å². The summed E-state index contributed by atoms with van der Waals surface area (Å²) in [6, 6.07) is 0. The highest BCUT2D eigenvalue weighted by atomic mass is 35.5. The van der Waals surface area contributed by atoms with E-state index in [0.29, 0.717) is 23.7 Å². The molecule has 2 atom stereocenters. The molecule has 1 aliphatic rings. The van der Waals surface area contributed by atoms with Gasteiger partial charge in [-0.2, -0.15) is 0 Å². The number of alkyl halides is 2. The minimum Gasteiger partial charge on any atom is -0.101 e. The smallest absolute Gasteiger partial charge is 0.101 e. The van der Waals surface area contributed by atoms with Gasteiger partial charge in [-0.15, -0.1) is 23.2 Å². The topological polar surface area (TPSA) is 0 Å². The Bertz CT molecular complexity index is 134. The molecule has 0 bridgehead atoms. The van der Waals surface area contributed by atoms with Gasteiger partial charge in [0.25, 0.3) is 0 Å². The molecule has 1 fully saturated rings. The van der Waals surface area contributed by atoms with Crippen LogP contribution >= 0.6 is 23.2 Å². The van der Waals surface area contributed by atoms with Crippen LogP contribution in [0.1, 0.15) is 27.7 Å². The van der Waals surface area contributed by atoms with Crippen molar-refractivity contribution in [3.8, 4) is 0 Å². The van der Waals surface area contributed by atoms with Crippen molar-refractivity contribution in [1.29, 1.82) is 0 Å². The number of hydrogen-bond acceptors (Lipinski definition) is 0. The lowest BCUT2D eigenvalue weighted by molar-refractivity contribution is 0.448. The zero-order valence-corrected chi connectivity index (χ0v) is 9.08. The van der Waals surface area contributed by atoms with Crippen LogP contribution < -0.4 is 0 Å². The standard InChI is InChI=1S/C9H16Cl2/c1-5(2)7-8(6(3)4)9(7,10)11/h5-8H,1-4H3. The Morgan fingerprint density at radius 1 is 0.909 bits per heavy atom. The second-order valence-electron chi connectivity index (χ2n) is 4.21. The molecule has 2 heteroatoms. The summed E-state index contributed by atoms with van der Waals surface area (Å²) in [6.45, 7) is 8.75. The predicted octanol–water partition coefficient (Wildman–Crippen LogP) is 3.72. The fourth-order valence-electron chi connectivity index (χ4n) is 2.09. The lowest BCUT2D eigenvalue weighted by atomic mass is 10.0. The second-order valence-corrected chi connectivity index (χ2v) is 5.66. The van der Waals surface area contributed by atoms with Gasteiger partial charge in [0.2, 0.25) is 0 Å². The van der Waals surface area contributed by atoms with E-state index in [1.807, 2.05) is 0 Å². The van der Waals surface area contributed by atoms with Gasteiger partial charge in [-0.25, -0.2) is 0 Å². The highest BCUT2D eigenvalue weighted by molar-refractivity contribution is 6.51. The van der Waals surface area contributed by atoms with Crippen molar-refractivity contribution >= 4 is 23.2 Å². The zero-order chi connectivity index (χ0) is 8.81. The molecule has 0 saturated heterocycles. The van der Waals surface area contributed by atoms with E-state index in [2.05, 4.69) is 27.7 Å². The summed E-state index contributed by atoms with van der Waals surface area (Å²) >= 11 is 12.3. The summed E-state index contributed by atoms with van der Waals surface area (Å²) in [4.78, 5) is 0. The molecule has 0 aromatic heterocycles. The maximum Gasteiger partial charge on any atom is 0.125 e. The van der Waals surface area contributed by atoms with E-state index in [-0.39, 0.29) is 0 Å². The van der Waals surface area contributed by atoms with E-state index in [1.54, 1.807) is 0 Å². The average molecular weight is 195 g/mol. The fourth-order valence-corrected chi connectivity index (χ4v) is 3.52. The Balaban J connectivity index is 2.61. The first-order chi connectivity index (χ1) is 4.89. The summed E-state index contributed by atoms with van der Waals surface area (Å²) in [5.74, 6) is 2.23. The Morgan fingerprint density at radius 2 is 1.18 bits per heavy atom. The van der Waals surface area contributed by atoms with Crippen LogP contribution in [0.5, 0.6) is 0 Å². The molecular weight excluding hydrogens is 179 g/mol. The summed E-state index contributed by atoms with van der Waals surface area (Å²) in [6.07, 6.45) is 0. The molecule has 66 valence electrons. The predicted molar refractivity (Wildman–Crippen MR) is 51.1 cm³/mol. The molecule has 1 aliphatic carbocycles. The van der Waals surface area contributed by atoms with Crippen LogP contribution in [-0.4, -0.2) is 4.33 Å². The normalized spacial score (nSPS) is 34.9. The van der Waals surface area contributed by atoms with Crippen molar-refractivity contribution in [2.45, 2.75) is 32.0 Å². The largest absolute Gasteiger partial charge is 0.125 e. The molecule has 0 amide bonds. The maximum absolute atomic E-state index is 6.13. The maximum atomic E-state index is 6.13. The van der Waals surface area contributed by atoms with E-state index in [4.69, 9.17) is 23.2 Å². The Kier molecular flexibility index (Phi) is 2.47. The Hall–Kier alpha value is 0.580. The number of hydrogen-bond donors (Lipinski definition) is 0. The van der Waals surface area contributed by atoms with E-state index in [9.17, 15) is 0 Å². The monoisotopic (exact) mass is 194 g/mol. The lowest BCUT2D eigenvalue weighted by Gasteiger charge is -2.03. The molecular formula is C9H16Cl2. The van der Waals surface area contributed by atoms with Gasteiger partial charge in [0.1, 0.15) is 4.33 Å². The summed E-state index contributed by atoms with van der Waals surface area (Å²) < 4.78 is -0.428. The second kappa shape index (κ2) is 2.81. The summed E-state index contributed by atoms with van der Waals surface area (Å²) in [5.41, 5.74) is 0. The molecule has 0 radical (unpaired) electrons. The summed E-state index contributed by atoms with van der Waals surface area (Å²) in [5, 5.41) is 0. The number of rotatable bonds is 2. The first-order valence-corrected chi connectivity index (χ1v) is 5.02. The van der Waals surface area contributed by atoms with Crippen molar-refractivity contribution in [2.24, 2.45) is 23.7 Å². The third-order valence-electron chi connectivity index (χ3n) is 2.60. The molecule has 0 heterocycles. The van der Waals surface area contributed by atoms with Gasteiger partial charge < -0.3 is 0 Å². The summed E-state index contributed by atoms with van der Waals surface area (Å²) in [7, 11) is 0. The lowest BCUT2D eigenvalue weighted by Crippen LogP contribution is -1.97. The van der Waals surface area contributed by atoms with Gasteiger partial charge in [-0.05, 0) is 11.8 Å². The average Bonchev–Trinajstić information content (AvgIpc) is 2.33. The van der Waals surface area contributed by atoms with Crippen molar-refractivity contribution in [3.63, 3.8) is 0 Å². The highest BCUT2D eigenvalue weighted by Gasteiger charge is 2.64. The Morgan fingerprint density at radius 3 is 1.27 bits per heavy atom. The molecule has 0 spiro atoms. The van der Waals surface area contributed by atoms with Gasteiger partial charge in [-0.1, -0.05) is 27.7 Å². The van der Waals surface area contributed by atoms with Crippen LogP contribution in [0.25, 0.3) is 0 Å². The van der Waals surface area contributed by atoms with Crippen LogP contribution in [-0.2, 0) is 0 Å². The fraction of sp³-hybridized carbons (Fsp3) is 1.00. The van der Waals surface area contributed by atoms with Crippen LogP contribution in [0.2, 0.25) is 0 Å². The van der Waals surface area contributed by atoms with Crippen molar-refractivity contribution < 1.29 is 0 Å². The molecule has 0 nitrogen and oxygen atoms in total. The highest BCUT2D eigenvalue weighted by Crippen LogP contribution is 2.65. The van der Waals surface area contributed by atoms with Crippen molar-refractivity contribution in [2.75, 3.05) is 0 Å². The third kappa shape index (κ3) is 1.53. The van der Waals surface area contributed by atoms with Crippen molar-refractivity contribution in [3.05, 3.63) is 0 Å². The quantitative estimate of drug-likeness (QED) is 0.589. The molecule has 11 heavy (non-hydrogen) atoms. The van der Waals surface area contributed by atoms with Gasteiger partial charge >= 0.3 is 0 Å². The zero-order valence-electron chi connectivity index (χ0n) is 7.57. The molecule has 0 aliphatic heterocycles. The van der Waals surface area contributed by atoms with E-state index in [0.717, 1.165) is 0 Å². The van der Waals surface area contributed by atoms with Crippen LogP contribution in [0, 0.1) is 23.7 Å². The van der Waals surface area contributed by atoms with E-state index < -0.39 is 4.33 Å². The molecule has 0 aromatic rings. The van der Waals surface area contributed by atoms with Gasteiger partial charge in [0.15, 0.2) is 0 Å². The van der Waals surface area contributed by atoms with Gasteiger partial charge in [-0.3, -0.25) is 0 Å². The SMILES string of the molecule is CC(C)C1C(C(C)C)C1(Cl)Cl. The first kappa shape index (κ1) is 9.67. The van der Waals surface area contributed by atoms with Gasteiger partial charge in [0, 0.05) is 11.8 Å². The molecule has 0 N–H and O–H groups in total. The first-order valence-electron chi connectivity index (χ1n) is 4.26. The van der Waals surface area contributed by atoms with Crippen LogP contribution in [0.4, 0.5) is 0 Å². The number of halogens is 2. The third-order valence-corrected chi connectivity index (χ3v) is 3.61. The molecule has 2 unspecified atom stereocenters. The molecule has 1 rings (SSSR count). The van der Waals surface area contributed by atoms with Gasteiger partial charge in [0.05, 0.1) is 0 Å². The van der Waals surface area contributed by atoms with Crippen LogP contribution in [0.15, 0.2) is 0 Å².